The molecule has 2 heterocycles. The first-order valence-corrected chi connectivity index (χ1v) is 6.87. The van der Waals surface area contributed by atoms with Crippen molar-refractivity contribution in [2.24, 2.45) is 0 Å². The fourth-order valence-electron chi connectivity index (χ4n) is 2.56. The number of aromatic nitrogens is 2. The van der Waals surface area contributed by atoms with Crippen molar-refractivity contribution in [3.8, 4) is 11.3 Å². The molecule has 1 fully saturated rings. The van der Waals surface area contributed by atoms with Crippen LogP contribution in [0.15, 0.2) is 30.3 Å². The van der Waals surface area contributed by atoms with Crippen LogP contribution in [0.4, 0.5) is 0 Å². The van der Waals surface area contributed by atoms with Gasteiger partial charge in [0.25, 0.3) is 0 Å². The van der Waals surface area contributed by atoms with Crippen molar-refractivity contribution in [1.82, 2.24) is 20.2 Å². The Morgan fingerprint density at radius 3 is 2.63 bits per heavy atom. The van der Waals surface area contributed by atoms with Gasteiger partial charge in [0.05, 0.1) is 12.2 Å². The first-order valence-electron chi connectivity index (χ1n) is 6.87. The molecule has 4 nitrogen and oxygen atoms in total. The van der Waals surface area contributed by atoms with Crippen LogP contribution in [0.25, 0.3) is 11.3 Å². The zero-order valence-corrected chi connectivity index (χ0v) is 11.3. The standard InChI is InChI=1S/C15H20N4/c1-12-15(13-5-3-2-4-6-13)18-14(17-12)11-19-9-7-16-8-10-19/h2-6,16H,7-11H2,1H3,(H,17,18). The topological polar surface area (TPSA) is 44.0 Å². The first kappa shape index (κ1) is 12.4. The Morgan fingerprint density at radius 1 is 1.16 bits per heavy atom. The highest BCUT2D eigenvalue weighted by molar-refractivity contribution is 5.61. The van der Waals surface area contributed by atoms with Crippen LogP contribution in [0.3, 0.4) is 0 Å². The summed E-state index contributed by atoms with van der Waals surface area (Å²) in [6.07, 6.45) is 0. The third kappa shape index (κ3) is 2.85. The number of rotatable bonds is 3. The highest BCUT2D eigenvalue weighted by atomic mass is 15.2. The van der Waals surface area contributed by atoms with Crippen molar-refractivity contribution < 1.29 is 0 Å². The van der Waals surface area contributed by atoms with E-state index >= 15 is 0 Å². The molecule has 0 bridgehead atoms. The van der Waals surface area contributed by atoms with E-state index in [1.54, 1.807) is 0 Å². The molecule has 2 aromatic rings. The summed E-state index contributed by atoms with van der Waals surface area (Å²) >= 11 is 0. The molecule has 1 saturated heterocycles. The number of H-pyrrole nitrogens is 1. The van der Waals surface area contributed by atoms with Gasteiger partial charge in [-0.05, 0) is 6.92 Å². The number of aryl methyl sites for hydroxylation is 1. The lowest BCUT2D eigenvalue weighted by Gasteiger charge is -2.26. The molecule has 100 valence electrons. The first-order chi connectivity index (χ1) is 9.33. The summed E-state index contributed by atoms with van der Waals surface area (Å²) in [5.41, 5.74) is 3.41. The average molecular weight is 256 g/mol. The van der Waals surface area contributed by atoms with Crippen LogP contribution in [0.5, 0.6) is 0 Å². The summed E-state index contributed by atoms with van der Waals surface area (Å²) in [6.45, 7) is 7.35. The van der Waals surface area contributed by atoms with Gasteiger partial charge < -0.3 is 10.3 Å². The van der Waals surface area contributed by atoms with Gasteiger partial charge in [0.15, 0.2) is 0 Å². The van der Waals surface area contributed by atoms with Gasteiger partial charge in [-0.25, -0.2) is 4.98 Å². The summed E-state index contributed by atoms with van der Waals surface area (Å²) in [5.74, 6) is 1.07. The molecule has 1 aliphatic rings. The SMILES string of the molecule is Cc1[nH]c(CN2CCNCC2)nc1-c1ccccc1. The fraction of sp³-hybridized carbons (Fsp3) is 0.400. The van der Waals surface area contributed by atoms with Crippen molar-refractivity contribution in [2.45, 2.75) is 13.5 Å². The summed E-state index contributed by atoms with van der Waals surface area (Å²) < 4.78 is 0. The van der Waals surface area contributed by atoms with Crippen LogP contribution < -0.4 is 5.32 Å². The normalized spacial score (nSPS) is 16.7. The lowest BCUT2D eigenvalue weighted by atomic mass is 10.1. The summed E-state index contributed by atoms with van der Waals surface area (Å²) in [6, 6.07) is 10.4. The van der Waals surface area contributed by atoms with Crippen molar-refractivity contribution in [2.75, 3.05) is 26.2 Å². The van der Waals surface area contributed by atoms with Crippen molar-refractivity contribution in [1.29, 1.82) is 0 Å². The molecule has 0 spiro atoms. The Morgan fingerprint density at radius 2 is 1.89 bits per heavy atom. The molecule has 0 aliphatic carbocycles. The van der Waals surface area contributed by atoms with E-state index in [0.29, 0.717) is 0 Å². The molecule has 19 heavy (non-hydrogen) atoms. The molecular formula is C15H20N4. The summed E-state index contributed by atoms with van der Waals surface area (Å²) in [4.78, 5) is 10.6. The van der Waals surface area contributed by atoms with Crippen LogP contribution in [0, 0.1) is 6.92 Å². The Balaban J connectivity index is 1.77. The maximum Gasteiger partial charge on any atom is 0.121 e. The van der Waals surface area contributed by atoms with Crippen molar-refractivity contribution in [3.63, 3.8) is 0 Å². The van der Waals surface area contributed by atoms with E-state index in [4.69, 9.17) is 4.98 Å². The predicted octanol–water partition coefficient (Wildman–Crippen LogP) is 1.79. The zero-order valence-electron chi connectivity index (χ0n) is 11.3. The maximum atomic E-state index is 4.76. The molecule has 0 unspecified atom stereocenters. The minimum absolute atomic E-state index is 0.912. The third-order valence-electron chi connectivity index (χ3n) is 3.56. The quantitative estimate of drug-likeness (QED) is 0.880. The van der Waals surface area contributed by atoms with E-state index in [2.05, 4.69) is 46.4 Å². The van der Waals surface area contributed by atoms with Crippen LogP contribution in [-0.2, 0) is 6.54 Å². The smallest absolute Gasteiger partial charge is 0.121 e. The monoisotopic (exact) mass is 256 g/mol. The predicted molar refractivity (Wildman–Crippen MR) is 76.9 cm³/mol. The second-order valence-corrected chi connectivity index (χ2v) is 5.05. The molecule has 0 radical (unpaired) electrons. The zero-order chi connectivity index (χ0) is 13.1. The lowest BCUT2D eigenvalue weighted by molar-refractivity contribution is 0.228. The number of hydrogen-bond acceptors (Lipinski definition) is 3. The molecule has 1 aromatic carbocycles. The highest BCUT2D eigenvalue weighted by Gasteiger charge is 2.14. The minimum Gasteiger partial charge on any atom is -0.344 e. The van der Waals surface area contributed by atoms with Gasteiger partial charge in [-0.1, -0.05) is 30.3 Å². The Hall–Kier alpha value is -1.65. The van der Waals surface area contributed by atoms with Gasteiger partial charge in [0, 0.05) is 37.4 Å². The van der Waals surface area contributed by atoms with Gasteiger partial charge >= 0.3 is 0 Å². The number of nitrogens with one attached hydrogen (secondary N) is 2. The molecule has 4 heteroatoms. The molecule has 0 saturated carbocycles. The van der Waals surface area contributed by atoms with Gasteiger partial charge in [-0.15, -0.1) is 0 Å². The van der Waals surface area contributed by atoms with E-state index in [-0.39, 0.29) is 0 Å². The van der Waals surface area contributed by atoms with Gasteiger partial charge in [0.2, 0.25) is 0 Å². The van der Waals surface area contributed by atoms with E-state index in [9.17, 15) is 0 Å². The summed E-state index contributed by atoms with van der Waals surface area (Å²) in [5, 5.41) is 3.37. The van der Waals surface area contributed by atoms with E-state index in [0.717, 1.165) is 49.9 Å². The van der Waals surface area contributed by atoms with Gasteiger partial charge in [-0.3, -0.25) is 4.90 Å². The van der Waals surface area contributed by atoms with Crippen LogP contribution >= 0.6 is 0 Å². The Kier molecular flexibility index (Phi) is 3.62. The number of nitrogens with zero attached hydrogens (tertiary/aromatic N) is 2. The summed E-state index contributed by atoms with van der Waals surface area (Å²) in [7, 11) is 0. The molecular weight excluding hydrogens is 236 g/mol. The molecule has 0 amide bonds. The molecule has 1 aromatic heterocycles. The molecule has 1 aliphatic heterocycles. The fourth-order valence-corrected chi connectivity index (χ4v) is 2.56. The average Bonchev–Trinajstić information content (AvgIpc) is 2.82. The third-order valence-corrected chi connectivity index (χ3v) is 3.56. The Labute approximate surface area is 113 Å². The van der Waals surface area contributed by atoms with Crippen molar-refractivity contribution >= 4 is 0 Å². The highest BCUT2D eigenvalue weighted by Crippen LogP contribution is 2.21. The Bertz CT molecular complexity index is 526. The minimum atomic E-state index is 0.912. The molecule has 2 N–H and O–H groups in total. The maximum absolute atomic E-state index is 4.76. The molecule has 0 atom stereocenters. The van der Waals surface area contributed by atoms with Gasteiger partial charge in [0.1, 0.15) is 5.82 Å². The number of piperazine rings is 1. The largest absolute Gasteiger partial charge is 0.344 e. The number of hydrogen-bond donors (Lipinski definition) is 2. The van der Waals surface area contributed by atoms with Crippen LogP contribution in [0.1, 0.15) is 11.5 Å². The number of imidazole rings is 1. The van der Waals surface area contributed by atoms with E-state index in [1.165, 1.54) is 5.56 Å². The second-order valence-electron chi connectivity index (χ2n) is 5.05. The number of aromatic amines is 1. The second kappa shape index (κ2) is 5.55. The lowest BCUT2D eigenvalue weighted by Crippen LogP contribution is -2.43. The van der Waals surface area contributed by atoms with Gasteiger partial charge in [-0.2, -0.15) is 0 Å². The van der Waals surface area contributed by atoms with Crippen LogP contribution in [0.2, 0.25) is 0 Å². The van der Waals surface area contributed by atoms with E-state index < -0.39 is 0 Å². The van der Waals surface area contributed by atoms with Crippen molar-refractivity contribution in [3.05, 3.63) is 41.9 Å². The molecule has 3 rings (SSSR count). The van der Waals surface area contributed by atoms with E-state index in [1.807, 2.05) is 6.07 Å². The van der Waals surface area contributed by atoms with Crippen LogP contribution in [-0.4, -0.2) is 41.0 Å². The number of benzene rings is 1.